The van der Waals surface area contributed by atoms with Crippen LogP contribution in [0, 0.1) is 11.8 Å². The van der Waals surface area contributed by atoms with Crippen LogP contribution in [0.1, 0.15) is 32.6 Å². The summed E-state index contributed by atoms with van der Waals surface area (Å²) in [4.78, 5) is 19.7. The molecule has 1 unspecified atom stereocenters. The van der Waals surface area contributed by atoms with E-state index in [4.69, 9.17) is 5.73 Å². The average molecular weight is 286 g/mol. The van der Waals surface area contributed by atoms with Crippen molar-refractivity contribution in [1.29, 1.82) is 0 Å². The Balaban J connectivity index is 1.66. The molecule has 5 nitrogen and oxygen atoms in total. The summed E-state index contributed by atoms with van der Waals surface area (Å²) in [6, 6.07) is 4.01. The maximum atomic E-state index is 12.4. The number of fused-ring (bicyclic) bond motifs is 1. The molecular formula is C16H22N4O. The van der Waals surface area contributed by atoms with Crippen molar-refractivity contribution in [1.82, 2.24) is 9.97 Å². The molecule has 2 aromatic rings. The SMILES string of the molecule is CC(N)[C@H]1CC[C@H](C(=O)Nc2ccnc3[nH]ccc23)CC1. The third-order valence-corrected chi connectivity index (χ3v) is 4.60. The fourth-order valence-electron chi connectivity index (χ4n) is 3.21. The number of carbonyl (C=O) groups is 1. The molecule has 0 spiro atoms. The van der Waals surface area contributed by atoms with Gasteiger partial charge in [0.2, 0.25) is 5.91 Å². The summed E-state index contributed by atoms with van der Waals surface area (Å²) in [5, 5.41) is 4.01. The van der Waals surface area contributed by atoms with Crippen LogP contribution in [0.25, 0.3) is 11.0 Å². The van der Waals surface area contributed by atoms with Crippen molar-refractivity contribution < 1.29 is 4.79 Å². The van der Waals surface area contributed by atoms with E-state index in [1.807, 2.05) is 18.3 Å². The first-order valence-corrected chi connectivity index (χ1v) is 7.63. The Bertz CT molecular complexity index is 626. The van der Waals surface area contributed by atoms with Gasteiger partial charge >= 0.3 is 0 Å². The molecule has 5 heteroatoms. The number of carbonyl (C=O) groups excluding carboxylic acids is 1. The maximum absolute atomic E-state index is 12.4. The van der Waals surface area contributed by atoms with E-state index in [-0.39, 0.29) is 17.9 Å². The van der Waals surface area contributed by atoms with Crippen LogP contribution in [0.4, 0.5) is 5.69 Å². The highest BCUT2D eigenvalue weighted by Crippen LogP contribution is 2.31. The van der Waals surface area contributed by atoms with Crippen LogP contribution < -0.4 is 11.1 Å². The van der Waals surface area contributed by atoms with Crippen LogP contribution >= 0.6 is 0 Å². The van der Waals surface area contributed by atoms with Crippen molar-refractivity contribution in [2.75, 3.05) is 5.32 Å². The zero-order valence-corrected chi connectivity index (χ0v) is 12.3. The van der Waals surface area contributed by atoms with Gasteiger partial charge in [0.25, 0.3) is 0 Å². The third kappa shape index (κ3) is 2.93. The molecule has 3 rings (SSSR count). The van der Waals surface area contributed by atoms with Crippen LogP contribution in [-0.4, -0.2) is 21.9 Å². The zero-order chi connectivity index (χ0) is 14.8. The number of nitrogens with two attached hydrogens (primary N) is 1. The highest BCUT2D eigenvalue weighted by atomic mass is 16.1. The largest absolute Gasteiger partial charge is 0.346 e. The number of nitrogens with zero attached hydrogens (tertiary/aromatic N) is 1. The monoisotopic (exact) mass is 286 g/mol. The molecule has 1 amide bonds. The third-order valence-electron chi connectivity index (χ3n) is 4.60. The lowest BCUT2D eigenvalue weighted by atomic mass is 9.79. The van der Waals surface area contributed by atoms with Crippen LogP contribution in [0.2, 0.25) is 0 Å². The lowest BCUT2D eigenvalue weighted by Crippen LogP contribution is -2.33. The molecule has 2 aromatic heterocycles. The summed E-state index contributed by atoms with van der Waals surface area (Å²) in [5.41, 5.74) is 7.59. The van der Waals surface area contributed by atoms with Gasteiger partial charge in [-0.05, 0) is 50.7 Å². The molecule has 0 bridgehead atoms. The molecule has 1 aliphatic carbocycles. The Hall–Kier alpha value is -1.88. The van der Waals surface area contributed by atoms with E-state index in [1.54, 1.807) is 6.20 Å². The van der Waals surface area contributed by atoms with Crippen LogP contribution in [0.3, 0.4) is 0 Å². The smallest absolute Gasteiger partial charge is 0.227 e. The van der Waals surface area contributed by atoms with Gasteiger partial charge in [0.05, 0.1) is 5.69 Å². The van der Waals surface area contributed by atoms with Gasteiger partial charge < -0.3 is 16.0 Å². The van der Waals surface area contributed by atoms with Gasteiger partial charge in [0, 0.05) is 29.7 Å². The zero-order valence-electron chi connectivity index (χ0n) is 12.3. The molecule has 1 saturated carbocycles. The van der Waals surface area contributed by atoms with E-state index in [2.05, 4.69) is 22.2 Å². The van der Waals surface area contributed by atoms with Crippen molar-refractivity contribution in [3.05, 3.63) is 24.5 Å². The lowest BCUT2D eigenvalue weighted by molar-refractivity contribution is -0.121. The van der Waals surface area contributed by atoms with Crippen LogP contribution in [0.5, 0.6) is 0 Å². The van der Waals surface area contributed by atoms with Gasteiger partial charge in [-0.2, -0.15) is 0 Å². The lowest BCUT2D eigenvalue weighted by Gasteiger charge is -2.30. The number of nitrogens with one attached hydrogen (secondary N) is 2. The summed E-state index contributed by atoms with van der Waals surface area (Å²) in [6.45, 7) is 2.06. The van der Waals surface area contributed by atoms with Gasteiger partial charge in [-0.1, -0.05) is 0 Å². The standard InChI is InChI=1S/C16H22N4O/c1-10(17)11-2-4-12(5-3-11)16(21)20-14-7-9-19-15-13(14)6-8-18-15/h6-12H,2-5,17H2,1H3,(H2,18,19,20,21)/t10?,11-,12-. The Kier molecular flexibility index (Phi) is 3.92. The normalized spacial score (nSPS) is 23.9. The first kappa shape index (κ1) is 14.1. The second kappa shape index (κ2) is 5.85. The maximum Gasteiger partial charge on any atom is 0.227 e. The summed E-state index contributed by atoms with van der Waals surface area (Å²) in [7, 11) is 0. The molecular weight excluding hydrogens is 264 g/mol. The number of anilines is 1. The topological polar surface area (TPSA) is 83.8 Å². The second-order valence-corrected chi connectivity index (χ2v) is 6.06. The van der Waals surface area contributed by atoms with Crippen molar-refractivity contribution in [3.8, 4) is 0 Å². The first-order chi connectivity index (χ1) is 10.1. The molecule has 1 fully saturated rings. The van der Waals surface area contributed by atoms with E-state index < -0.39 is 0 Å². The number of hydrogen-bond acceptors (Lipinski definition) is 3. The fraction of sp³-hybridized carbons (Fsp3) is 0.500. The van der Waals surface area contributed by atoms with Gasteiger partial charge in [0.15, 0.2) is 0 Å². The Morgan fingerprint density at radius 2 is 2.14 bits per heavy atom. The fourth-order valence-corrected chi connectivity index (χ4v) is 3.21. The number of rotatable bonds is 3. The summed E-state index contributed by atoms with van der Waals surface area (Å²) in [6.07, 6.45) is 7.50. The molecule has 1 atom stereocenters. The van der Waals surface area contributed by atoms with Gasteiger partial charge in [-0.25, -0.2) is 4.98 Å². The molecule has 2 heterocycles. The molecule has 0 saturated heterocycles. The number of aromatic nitrogens is 2. The highest BCUT2D eigenvalue weighted by molar-refractivity contribution is 6.00. The first-order valence-electron chi connectivity index (χ1n) is 7.63. The van der Waals surface area contributed by atoms with Gasteiger partial charge in [-0.15, -0.1) is 0 Å². The minimum Gasteiger partial charge on any atom is -0.346 e. The number of H-pyrrole nitrogens is 1. The molecule has 0 aromatic carbocycles. The Labute approximate surface area is 124 Å². The number of pyridine rings is 1. The van der Waals surface area contributed by atoms with Crippen molar-refractivity contribution >= 4 is 22.6 Å². The summed E-state index contributed by atoms with van der Waals surface area (Å²) < 4.78 is 0. The highest BCUT2D eigenvalue weighted by Gasteiger charge is 2.28. The predicted molar refractivity (Wildman–Crippen MR) is 83.8 cm³/mol. The number of aromatic amines is 1. The Morgan fingerprint density at radius 1 is 1.38 bits per heavy atom. The minimum atomic E-state index is 0.0992. The minimum absolute atomic E-state index is 0.0992. The van der Waals surface area contributed by atoms with E-state index in [0.29, 0.717) is 5.92 Å². The predicted octanol–water partition coefficient (Wildman–Crippen LogP) is 2.66. The average Bonchev–Trinajstić information content (AvgIpc) is 2.97. The molecule has 112 valence electrons. The molecule has 0 aliphatic heterocycles. The van der Waals surface area contributed by atoms with E-state index >= 15 is 0 Å². The van der Waals surface area contributed by atoms with E-state index in [9.17, 15) is 4.79 Å². The quantitative estimate of drug-likeness (QED) is 0.811. The molecule has 1 aliphatic rings. The molecule has 0 radical (unpaired) electrons. The van der Waals surface area contributed by atoms with Crippen molar-refractivity contribution in [3.63, 3.8) is 0 Å². The van der Waals surface area contributed by atoms with Crippen LogP contribution in [0.15, 0.2) is 24.5 Å². The summed E-state index contributed by atoms with van der Waals surface area (Å²) in [5.74, 6) is 0.778. The van der Waals surface area contributed by atoms with Crippen molar-refractivity contribution in [2.45, 2.75) is 38.6 Å². The van der Waals surface area contributed by atoms with E-state index in [1.165, 1.54) is 0 Å². The Morgan fingerprint density at radius 3 is 2.86 bits per heavy atom. The van der Waals surface area contributed by atoms with Gasteiger partial charge in [0.1, 0.15) is 5.65 Å². The second-order valence-electron chi connectivity index (χ2n) is 6.06. The van der Waals surface area contributed by atoms with Gasteiger partial charge in [-0.3, -0.25) is 4.79 Å². The van der Waals surface area contributed by atoms with Crippen LogP contribution in [-0.2, 0) is 4.79 Å². The number of amides is 1. The van der Waals surface area contributed by atoms with Crippen molar-refractivity contribution in [2.24, 2.45) is 17.6 Å². The summed E-state index contributed by atoms with van der Waals surface area (Å²) >= 11 is 0. The van der Waals surface area contributed by atoms with E-state index in [0.717, 1.165) is 42.4 Å². The molecule has 21 heavy (non-hydrogen) atoms. The number of hydrogen-bond donors (Lipinski definition) is 3. The molecule has 4 N–H and O–H groups in total.